The second-order valence-electron chi connectivity index (χ2n) is 3.91. The maximum absolute atomic E-state index is 12.1. The first-order chi connectivity index (χ1) is 9.79. The third-order valence-electron chi connectivity index (χ3n) is 2.72. The van der Waals surface area contributed by atoms with Crippen molar-refractivity contribution in [1.82, 2.24) is 4.98 Å². The van der Waals surface area contributed by atoms with E-state index in [1.807, 2.05) is 0 Å². The van der Waals surface area contributed by atoms with Crippen LogP contribution in [-0.4, -0.2) is 34.7 Å². The van der Waals surface area contributed by atoms with Gasteiger partial charge in [-0.05, 0) is 0 Å². The number of aromatic amines is 1. The zero-order chi connectivity index (χ0) is 15.9. The molecule has 0 radical (unpaired) electrons. The molecule has 0 spiro atoms. The summed E-state index contributed by atoms with van der Waals surface area (Å²) in [5.74, 6) is -2.87. The molecule has 21 heavy (non-hydrogen) atoms. The Balaban J connectivity index is 2.69. The molecule has 0 aliphatic heterocycles. The minimum atomic E-state index is -1.27. The van der Waals surface area contributed by atoms with Crippen molar-refractivity contribution in [3.8, 4) is 5.75 Å². The van der Waals surface area contributed by atoms with Gasteiger partial charge in [-0.1, -0.05) is 34.8 Å². The van der Waals surface area contributed by atoms with Crippen molar-refractivity contribution in [2.45, 2.75) is 0 Å². The summed E-state index contributed by atoms with van der Waals surface area (Å²) < 4.78 is 4.98. The molecule has 9 heteroatoms. The Morgan fingerprint density at radius 1 is 1.14 bits per heavy atom. The third-order valence-corrected chi connectivity index (χ3v) is 3.90. The fourth-order valence-corrected chi connectivity index (χ4v) is 2.42. The molecule has 1 aromatic rings. The Morgan fingerprint density at radius 3 is 2.24 bits per heavy atom. The van der Waals surface area contributed by atoms with Crippen molar-refractivity contribution in [1.29, 1.82) is 0 Å². The van der Waals surface area contributed by atoms with Crippen molar-refractivity contribution in [2.75, 3.05) is 7.11 Å². The molecule has 1 heterocycles. The number of ketones is 2. The van der Waals surface area contributed by atoms with E-state index in [9.17, 15) is 14.4 Å². The van der Waals surface area contributed by atoms with Gasteiger partial charge in [0.1, 0.15) is 26.5 Å². The number of aromatic carboxylic acids is 1. The van der Waals surface area contributed by atoms with Gasteiger partial charge in [-0.25, -0.2) is 4.79 Å². The molecule has 0 amide bonds. The van der Waals surface area contributed by atoms with Crippen LogP contribution in [0.2, 0.25) is 0 Å². The Morgan fingerprint density at radius 2 is 1.71 bits per heavy atom. The zero-order valence-electron chi connectivity index (χ0n) is 10.3. The van der Waals surface area contributed by atoms with E-state index in [0.717, 1.165) is 6.07 Å². The first-order valence-electron chi connectivity index (χ1n) is 5.34. The molecule has 1 aliphatic carbocycles. The van der Waals surface area contributed by atoms with E-state index in [4.69, 9.17) is 44.6 Å². The lowest BCUT2D eigenvalue weighted by Gasteiger charge is -2.14. The number of carbonyl (C=O) groups is 3. The number of carboxylic acids is 1. The Hall–Kier alpha value is -1.76. The van der Waals surface area contributed by atoms with Crippen LogP contribution < -0.4 is 4.74 Å². The lowest BCUT2D eigenvalue weighted by Crippen LogP contribution is -2.17. The molecule has 0 bridgehead atoms. The summed E-state index contributed by atoms with van der Waals surface area (Å²) in [6.07, 6.45) is 0. The molecule has 0 saturated carbocycles. The van der Waals surface area contributed by atoms with Gasteiger partial charge in [-0.15, -0.1) is 0 Å². The molecule has 0 saturated heterocycles. The Labute approximate surface area is 132 Å². The number of ether oxygens (including phenoxy) is 1. The lowest BCUT2D eigenvalue weighted by molar-refractivity contribution is -0.114. The highest BCUT2D eigenvalue weighted by atomic mass is 35.5. The van der Waals surface area contributed by atoms with E-state index in [0.29, 0.717) is 0 Å². The monoisotopic (exact) mass is 349 g/mol. The molecular weight excluding hydrogens is 344 g/mol. The van der Waals surface area contributed by atoms with E-state index in [-0.39, 0.29) is 22.7 Å². The molecule has 0 fully saturated rings. The van der Waals surface area contributed by atoms with E-state index < -0.39 is 32.6 Å². The Bertz CT molecular complexity index is 744. The fraction of sp³-hybridized carbons (Fsp3) is 0.0833. The number of hydrogen-bond donors (Lipinski definition) is 2. The SMILES string of the molecule is COc1cc(C(=O)O)[nH]c1C1=C(Cl)C(=O)C(Cl)=C(Cl)C1=O. The molecule has 1 aromatic heterocycles. The maximum atomic E-state index is 12.1. The second kappa shape index (κ2) is 5.55. The van der Waals surface area contributed by atoms with Crippen molar-refractivity contribution in [3.63, 3.8) is 0 Å². The smallest absolute Gasteiger partial charge is 0.352 e. The first kappa shape index (κ1) is 15.6. The summed E-state index contributed by atoms with van der Waals surface area (Å²) in [7, 11) is 1.27. The highest BCUT2D eigenvalue weighted by Gasteiger charge is 2.35. The summed E-state index contributed by atoms with van der Waals surface area (Å²) >= 11 is 17.2. The predicted octanol–water partition coefficient (Wildman–Crippen LogP) is 2.51. The Kier molecular flexibility index (Phi) is 4.13. The van der Waals surface area contributed by atoms with E-state index in [1.54, 1.807) is 0 Å². The third kappa shape index (κ3) is 2.46. The minimum absolute atomic E-state index is 0.0317. The van der Waals surface area contributed by atoms with Gasteiger partial charge in [0.05, 0.1) is 18.4 Å². The van der Waals surface area contributed by atoms with Crippen LogP contribution in [-0.2, 0) is 9.59 Å². The van der Waals surface area contributed by atoms with Crippen LogP contribution >= 0.6 is 34.8 Å². The van der Waals surface area contributed by atoms with Gasteiger partial charge < -0.3 is 14.8 Å². The van der Waals surface area contributed by atoms with Gasteiger partial charge >= 0.3 is 5.97 Å². The van der Waals surface area contributed by atoms with Crippen molar-refractivity contribution in [2.24, 2.45) is 0 Å². The number of carbonyl (C=O) groups excluding carboxylic acids is 2. The summed E-state index contributed by atoms with van der Waals surface area (Å²) in [5.41, 5.74) is -0.586. The minimum Gasteiger partial charge on any atom is -0.494 e. The summed E-state index contributed by atoms with van der Waals surface area (Å²) in [5, 5.41) is 7.51. The molecule has 2 N–H and O–H groups in total. The quantitative estimate of drug-likeness (QED) is 0.817. The summed E-state index contributed by atoms with van der Waals surface area (Å²) in [6, 6.07) is 1.15. The van der Waals surface area contributed by atoms with Gasteiger partial charge in [0, 0.05) is 6.07 Å². The summed E-state index contributed by atoms with van der Waals surface area (Å²) in [4.78, 5) is 37.4. The molecule has 0 atom stereocenters. The van der Waals surface area contributed by atoms with Crippen LogP contribution in [0.1, 0.15) is 16.2 Å². The van der Waals surface area contributed by atoms with Crippen LogP contribution in [0.25, 0.3) is 5.57 Å². The number of nitrogens with one attached hydrogen (secondary N) is 1. The molecule has 1 aliphatic rings. The predicted molar refractivity (Wildman–Crippen MR) is 75.8 cm³/mol. The number of H-pyrrole nitrogens is 1. The number of allylic oxidation sites excluding steroid dienone is 4. The van der Waals surface area contributed by atoms with Gasteiger partial charge in [0.25, 0.3) is 0 Å². The van der Waals surface area contributed by atoms with Crippen LogP contribution in [0.15, 0.2) is 21.2 Å². The second-order valence-corrected chi connectivity index (χ2v) is 5.04. The standard InChI is InChI=1S/C12H6Cl3NO5/c1-21-4-2-3(12(19)20)16-9(4)5-6(13)11(18)8(15)7(14)10(5)17/h2,16H,1H3,(H,19,20). The maximum Gasteiger partial charge on any atom is 0.352 e. The van der Waals surface area contributed by atoms with E-state index in [1.165, 1.54) is 7.11 Å². The fourth-order valence-electron chi connectivity index (χ4n) is 1.74. The number of methoxy groups -OCH3 is 1. The van der Waals surface area contributed by atoms with Crippen molar-refractivity contribution < 1.29 is 24.2 Å². The number of halogens is 3. The number of rotatable bonds is 3. The number of aromatic nitrogens is 1. The molecule has 0 aromatic carbocycles. The van der Waals surface area contributed by atoms with Crippen LogP contribution in [0.4, 0.5) is 0 Å². The number of hydrogen-bond acceptors (Lipinski definition) is 4. The van der Waals surface area contributed by atoms with Crippen LogP contribution in [0.3, 0.4) is 0 Å². The largest absolute Gasteiger partial charge is 0.494 e. The highest BCUT2D eigenvalue weighted by molar-refractivity contribution is 6.68. The highest BCUT2D eigenvalue weighted by Crippen LogP contribution is 2.39. The van der Waals surface area contributed by atoms with Crippen LogP contribution in [0, 0.1) is 0 Å². The van der Waals surface area contributed by atoms with Gasteiger partial charge in [0.15, 0.2) is 0 Å². The van der Waals surface area contributed by atoms with Gasteiger partial charge in [-0.2, -0.15) is 0 Å². The zero-order valence-corrected chi connectivity index (χ0v) is 12.6. The molecular formula is C12H6Cl3NO5. The average molecular weight is 351 g/mol. The van der Waals surface area contributed by atoms with E-state index in [2.05, 4.69) is 4.98 Å². The summed E-state index contributed by atoms with van der Waals surface area (Å²) in [6.45, 7) is 0. The van der Waals surface area contributed by atoms with Crippen molar-refractivity contribution in [3.05, 3.63) is 32.6 Å². The van der Waals surface area contributed by atoms with Crippen molar-refractivity contribution >= 4 is 57.9 Å². The molecule has 0 unspecified atom stereocenters. The topological polar surface area (TPSA) is 96.5 Å². The normalized spacial score (nSPS) is 15.8. The average Bonchev–Trinajstić information content (AvgIpc) is 2.87. The van der Waals surface area contributed by atoms with Gasteiger partial charge in [-0.3, -0.25) is 9.59 Å². The number of Topliss-reactive ketones (excluding diaryl/α,β-unsaturated/α-hetero) is 2. The molecule has 2 rings (SSSR count). The molecule has 110 valence electrons. The van der Waals surface area contributed by atoms with Crippen LogP contribution in [0.5, 0.6) is 5.75 Å². The first-order valence-corrected chi connectivity index (χ1v) is 6.48. The number of carboxylic acid groups (broad SMARTS) is 1. The lowest BCUT2D eigenvalue weighted by atomic mass is 9.99. The van der Waals surface area contributed by atoms with E-state index >= 15 is 0 Å². The molecule has 6 nitrogen and oxygen atoms in total. The van der Waals surface area contributed by atoms with Gasteiger partial charge in [0.2, 0.25) is 11.6 Å².